The van der Waals surface area contributed by atoms with E-state index in [0.29, 0.717) is 6.54 Å². The Morgan fingerprint density at radius 3 is 2.46 bits per heavy atom. The lowest BCUT2D eigenvalue weighted by Crippen LogP contribution is -2.35. The van der Waals surface area contributed by atoms with Crippen LogP contribution in [0.4, 0.5) is 0 Å². The third kappa shape index (κ3) is 5.25. The molecule has 1 aliphatic rings. The minimum absolute atomic E-state index is 0.0152. The average Bonchev–Trinajstić information content (AvgIpc) is 3.51. The van der Waals surface area contributed by atoms with E-state index in [1.54, 1.807) is 19.2 Å². The second-order valence-electron chi connectivity index (χ2n) is 6.68. The molecule has 3 rings (SSSR count). The van der Waals surface area contributed by atoms with Crippen molar-refractivity contribution in [3.63, 3.8) is 0 Å². The van der Waals surface area contributed by atoms with Crippen LogP contribution in [-0.4, -0.2) is 38.9 Å². The number of carbonyl (C=O) groups is 1. The second kappa shape index (κ2) is 8.94. The minimum Gasteiger partial charge on any atom is -0.497 e. The van der Waals surface area contributed by atoms with Gasteiger partial charge in [0.25, 0.3) is 0 Å². The minimum atomic E-state index is -3.75. The molecule has 0 heterocycles. The van der Waals surface area contributed by atoms with Crippen molar-refractivity contribution >= 4 is 27.5 Å². The monoisotopic (exact) mass is 422 g/mol. The summed E-state index contributed by atoms with van der Waals surface area (Å²) in [4.78, 5) is 14.5. The van der Waals surface area contributed by atoms with Gasteiger partial charge in [-0.2, -0.15) is 0 Å². The van der Waals surface area contributed by atoms with Crippen LogP contribution >= 0.6 is 11.6 Å². The molecule has 1 fully saturated rings. The molecule has 0 saturated heterocycles. The van der Waals surface area contributed by atoms with Crippen molar-refractivity contribution in [1.29, 1.82) is 0 Å². The number of amides is 1. The van der Waals surface area contributed by atoms with Crippen molar-refractivity contribution in [2.75, 3.05) is 13.7 Å². The first kappa shape index (κ1) is 20.6. The highest BCUT2D eigenvalue weighted by Gasteiger charge is 2.32. The van der Waals surface area contributed by atoms with Gasteiger partial charge < -0.3 is 9.64 Å². The number of sulfonamides is 1. The lowest BCUT2D eigenvalue weighted by atomic mass is 10.2. The number of carbonyl (C=O) groups excluding carboxylic acids is 1. The van der Waals surface area contributed by atoms with Crippen LogP contribution in [-0.2, 0) is 21.4 Å². The van der Waals surface area contributed by atoms with Gasteiger partial charge in [-0.1, -0.05) is 35.9 Å². The zero-order chi connectivity index (χ0) is 20.1. The summed E-state index contributed by atoms with van der Waals surface area (Å²) in [5.41, 5.74) is 1.01. The summed E-state index contributed by atoms with van der Waals surface area (Å²) in [6.07, 6.45) is 2.05. The maximum Gasteiger partial charge on any atom is 0.242 e. The van der Waals surface area contributed by atoms with Gasteiger partial charge in [0, 0.05) is 25.6 Å². The van der Waals surface area contributed by atoms with E-state index in [0.717, 1.165) is 24.2 Å². The van der Waals surface area contributed by atoms with Gasteiger partial charge in [0.2, 0.25) is 15.9 Å². The summed E-state index contributed by atoms with van der Waals surface area (Å²) in [6.45, 7) is 0.531. The van der Waals surface area contributed by atoms with Crippen molar-refractivity contribution in [1.82, 2.24) is 9.62 Å². The molecule has 2 aromatic carbocycles. The molecule has 1 saturated carbocycles. The van der Waals surface area contributed by atoms with E-state index in [-0.39, 0.29) is 34.8 Å². The number of halogens is 1. The van der Waals surface area contributed by atoms with Gasteiger partial charge in [-0.05, 0) is 42.7 Å². The molecular formula is C20H23ClN2O4S. The Kier molecular flexibility index (Phi) is 6.59. The number of methoxy groups -OCH3 is 1. The van der Waals surface area contributed by atoms with Crippen LogP contribution in [0.25, 0.3) is 0 Å². The molecule has 28 heavy (non-hydrogen) atoms. The fourth-order valence-corrected chi connectivity index (χ4v) is 4.46. The molecule has 1 amide bonds. The predicted octanol–water partition coefficient (Wildman–Crippen LogP) is 3.21. The van der Waals surface area contributed by atoms with Crippen molar-refractivity contribution in [2.24, 2.45) is 0 Å². The summed E-state index contributed by atoms with van der Waals surface area (Å²) >= 11 is 5.96. The molecule has 0 spiro atoms. The van der Waals surface area contributed by atoms with Crippen molar-refractivity contribution < 1.29 is 17.9 Å². The van der Waals surface area contributed by atoms with Crippen LogP contribution in [0.1, 0.15) is 24.8 Å². The fourth-order valence-electron chi connectivity index (χ4n) is 2.91. The molecule has 8 heteroatoms. The SMILES string of the molecule is COc1ccc(CN(C(=O)CCNS(=O)(=O)c2ccccc2Cl)C2CC2)cc1. The van der Waals surface area contributed by atoms with Gasteiger partial charge >= 0.3 is 0 Å². The van der Waals surface area contributed by atoms with Crippen LogP contribution in [0.2, 0.25) is 5.02 Å². The Labute approximate surface area is 170 Å². The number of ether oxygens (including phenoxy) is 1. The van der Waals surface area contributed by atoms with E-state index < -0.39 is 10.0 Å². The molecule has 6 nitrogen and oxygen atoms in total. The summed E-state index contributed by atoms with van der Waals surface area (Å²) in [7, 11) is -2.14. The van der Waals surface area contributed by atoms with E-state index >= 15 is 0 Å². The van der Waals surface area contributed by atoms with Gasteiger partial charge in [-0.15, -0.1) is 0 Å². The Bertz CT molecular complexity index is 927. The van der Waals surface area contributed by atoms with Gasteiger partial charge in [0.1, 0.15) is 10.6 Å². The van der Waals surface area contributed by atoms with Crippen molar-refractivity contribution in [3.05, 3.63) is 59.1 Å². The zero-order valence-corrected chi connectivity index (χ0v) is 17.2. The predicted molar refractivity (Wildman–Crippen MR) is 108 cm³/mol. The number of benzene rings is 2. The molecule has 0 aromatic heterocycles. The van der Waals surface area contributed by atoms with E-state index in [1.165, 1.54) is 12.1 Å². The van der Waals surface area contributed by atoms with Gasteiger partial charge in [-0.3, -0.25) is 4.79 Å². The van der Waals surface area contributed by atoms with E-state index in [2.05, 4.69) is 4.72 Å². The van der Waals surface area contributed by atoms with Crippen molar-refractivity contribution in [2.45, 2.75) is 36.7 Å². The lowest BCUT2D eigenvalue weighted by Gasteiger charge is -2.23. The molecule has 0 aliphatic heterocycles. The van der Waals surface area contributed by atoms with Gasteiger partial charge in [0.05, 0.1) is 12.1 Å². The highest BCUT2D eigenvalue weighted by molar-refractivity contribution is 7.89. The molecular weight excluding hydrogens is 400 g/mol. The second-order valence-corrected chi connectivity index (χ2v) is 8.82. The standard InChI is InChI=1S/C20H23ClN2O4S/c1-27-17-10-6-15(7-11-17)14-23(16-8-9-16)20(24)12-13-22-28(25,26)19-5-3-2-4-18(19)21/h2-7,10-11,16,22H,8-9,12-14H2,1H3. The fraction of sp³-hybridized carbons (Fsp3) is 0.350. The average molecular weight is 423 g/mol. The summed E-state index contributed by atoms with van der Waals surface area (Å²) in [5, 5.41) is 0.153. The lowest BCUT2D eigenvalue weighted by molar-refractivity contribution is -0.132. The number of hydrogen-bond donors (Lipinski definition) is 1. The van der Waals surface area contributed by atoms with E-state index in [1.807, 2.05) is 29.2 Å². The van der Waals surface area contributed by atoms with E-state index in [4.69, 9.17) is 16.3 Å². The maximum atomic E-state index is 12.7. The molecule has 1 N–H and O–H groups in total. The van der Waals surface area contributed by atoms with Crippen LogP contribution in [0.15, 0.2) is 53.4 Å². The molecule has 1 aliphatic carbocycles. The first-order chi connectivity index (χ1) is 13.4. The number of rotatable bonds is 9. The van der Waals surface area contributed by atoms with Gasteiger partial charge in [-0.25, -0.2) is 13.1 Å². The number of nitrogens with one attached hydrogen (secondary N) is 1. The molecule has 0 bridgehead atoms. The largest absolute Gasteiger partial charge is 0.497 e. The topological polar surface area (TPSA) is 75.7 Å². The third-order valence-electron chi connectivity index (χ3n) is 4.58. The number of hydrogen-bond acceptors (Lipinski definition) is 4. The summed E-state index contributed by atoms with van der Waals surface area (Å²) in [6, 6.07) is 14.0. The van der Waals surface area contributed by atoms with Crippen LogP contribution in [0.3, 0.4) is 0 Å². The van der Waals surface area contributed by atoms with Crippen molar-refractivity contribution in [3.8, 4) is 5.75 Å². The summed E-state index contributed by atoms with van der Waals surface area (Å²) < 4.78 is 32.4. The normalized spacial score (nSPS) is 13.9. The maximum absolute atomic E-state index is 12.7. The van der Waals surface area contributed by atoms with Gasteiger partial charge in [0.15, 0.2) is 0 Å². The van der Waals surface area contributed by atoms with E-state index in [9.17, 15) is 13.2 Å². The Morgan fingerprint density at radius 2 is 1.86 bits per heavy atom. The van der Waals surface area contributed by atoms with Crippen LogP contribution in [0.5, 0.6) is 5.75 Å². The smallest absolute Gasteiger partial charge is 0.242 e. The molecule has 0 radical (unpaired) electrons. The molecule has 2 aromatic rings. The third-order valence-corrected chi connectivity index (χ3v) is 6.54. The zero-order valence-electron chi connectivity index (χ0n) is 15.6. The highest BCUT2D eigenvalue weighted by atomic mass is 35.5. The molecule has 0 unspecified atom stereocenters. The Morgan fingerprint density at radius 1 is 1.18 bits per heavy atom. The first-order valence-corrected chi connectivity index (χ1v) is 10.9. The molecule has 0 atom stereocenters. The Hall–Kier alpha value is -2.09. The van der Waals surface area contributed by atoms with Crippen LogP contribution in [0, 0.1) is 0 Å². The summed E-state index contributed by atoms with van der Waals surface area (Å²) in [5.74, 6) is 0.696. The highest BCUT2D eigenvalue weighted by Crippen LogP contribution is 2.29. The number of nitrogens with zero attached hydrogens (tertiary/aromatic N) is 1. The quantitative estimate of drug-likeness (QED) is 0.673. The Balaban J connectivity index is 1.58. The first-order valence-electron chi connectivity index (χ1n) is 9.07. The molecule has 150 valence electrons. The van der Waals surface area contributed by atoms with Crippen LogP contribution < -0.4 is 9.46 Å².